The van der Waals surface area contributed by atoms with Gasteiger partial charge in [-0.2, -0.15) is 4.72 Å². The molecule has 0 aliphatic heterocycles. The van der Waals surface area contributed by atoms with E-state index < -0.39 is 10.0 Å². The molecule has 0 aromatic heterocycles. The van der Waals surface area contributed by atoms with Crippen LogP contribution in [0.3, 0.4) is 0 Å². The van der Waals surface area contributed by atoms with E-state index in [0.717, 1.165) is 5.56 Å². The molecule has 0 heterocycles. The summed E-state index contributed by atoms with van der Waals surface area (Å²) >= 11 is 0. The summed E-state index contributed by atoms with van der Waals surface area (Å²) in [6.45, 7) is 1.80. The Kier molecular flexibility index (Phi) is 5.85. The molecule has 0 unspecified atom stereocenters. The fourth-order valence-corrected chi connectivity index (χ4v) is 3.13. The predicted molar refractivity (Wildman–Crippen MR) is 92.8 cm³/mol. The first-order valence-corrected chi connectivity index (χ1v) is 8.72. The third-order valence-corrected chi connectivity index (χ3v) is 4.76. The van der Waals surface area contributed by atoms with Crippen molar-refractivity contribution in [1.82, 2.24) is 4.72 Å². The van der Waals surface area contributed by atoms with Gasteiger partial charge in [0.1, 0.15) is 11.5 Å². The largest absolute Gasteiger partial charge is 0.496 e. The minimum Gasteiger partial charge on any atom is -0.496 e. The van der Waals surface area contributed by atoms with Crippen molar-refractivity contribution in [3.63, 3.8) is 0 Å². The van der Waals surface area contributed by atoms with Crippen molar-refractivity contribution >= 4 is 10.0 Å². The average Bonchev–Trinajstić information content (AvgIpc) is 2.59. The van der Waals surface area contributed by atoms with Gasteiger partial charge >= 0.3 is 0 Å². The zero-order valence-corrected chi connectivity index (χ0v) is 14.6. The second-order valence-electron chi connectivity index (χ2n) is 4.96. The van der Waals surface area contributed by atoms with E-state index in [4.69, 9.17) is 9.47 Å². The summed E-state index contributed by atoms with van der Waals surface area (Å²) in [6, 6.07) is 12.0. The molecular weight excluding hydrogens is 326 g/mol. The Morgan fingerprint density at radius 2 is 1.75 bits per heavy atom. The summed E-state index contributed by atoms with van der Waals surface area (Å²) in [4.78, 5) is 0.180. The highest BCUT2D eigenvalue weighted by molar-refractivity contribution is 7.89. The summed E-state index contributed by atoms with van der Waals surface area (Å²) in [5.74, 6) is 6.99. The molecule has 2 rings (SSSR count). The maximum Gasteiger partial charge on any atom is 0.241 e. The molecule has 0 fully saturated rings. The van der Waals surface area contributed by atoms with Gasteiger partial charge in [-0.15, -0.1) is 0 Å². The fourth-order valence-electron chi connectivity index (χ4n) is 2.12. The van der Waals surface area contributed by atoms with Crippen LogP contribution in [0.4, 0.5) is 0 Å². The Labute approximate surface area is 142 Å². The molecule has 126 valence electrons. The molecule has 24 heavy (non-hydrogen) atoms. The monoisotopic (exact) mass is 345 g/mol. The molecule has 1 N–H and O–H groups in total. The highest BCUT2D eigenvalue weighted by atomic mass is 32.2. The van der Waals surface area contributed by atoms with Crippen LogP contribution in [0.15, 0.2) is 47.4 Å². The smallest absolute Gasteiger partial charge is 0.241 e. The number of nitrogens with one attached hydrogen (secondary N) is 1. The lowest BCUT2D eigenvalue weighted by molar-refractivity contribution is 0.411. The summed E-state index contributed by atoms with van der Waals surface area (Å²) in [5, 5.41) is 0. The van der Waals surface area contributed by atoms with Crippen molar-refractivity contribution in [2.75, 3.05) is 20.8 Å². The summed E-state index contributed by atoms with van der Waals surface area (Å²) in [5.41, 5.74) is 1.46. The first-order valence-electron chi connectivity index (χ1n) is 7.24. The quantitative estimate of drug-likeness (QED) is 0.845. The summed E-state index contributed by atoms with van der Waals surface area (Å²) < 4.78 is 37.3. The van der Waals surface area contributed by atoms with Crippen LogP contribution in [-0.4, -0.2) is 29.2 Å². The van der Waals surface area contributed by atoms with Crippen molar-refractivity contribution < 1.29 is 17.9 Å². The number of rotatable bonds is 5. The number of para-hydroxylation sites is 1. The van der Waals surface area contributed by atoms with Gasteiger partial charge in [0.2, 0.25) is 10.0 Å². The number of methoxy groups -OCH3 is 2. The Balaban J connectivity index is 2.09. The van der Waals surface area contributed by atoms with Gasteiger partial charge in [-0.25, -0.2) is 8.42 Å². The summed E-state index contributed by atoms with van der Waals surface area (Å²) in [7, 11) is -0.509. The fraction of sp³-hybridized carbons (Fsp3) is 0.222. The van der Waals surface area contributed by atoms with Gasteiger partial charge in [0.05, 0.1) is 31.2 Å². The molecule has 0 spiro atoms. The number of ether oxygens (including phenoxy) is 2. The minimum atomic E-state index is -3.62. The summed E-state index contributed by atoms with van der Waals surface area (Å²) in [6.07, 6.45) is 0. The van der Waals surface area contributed by atoms with Gasteiger partial charge in [-0.3, -0.25) is 0 Å². The Bertz CT molecular complexity index is 879. The van der Waals surface area contributed by atoms with Gasteiger partial charge in [0, 0.05) is 0 Å². The van der Waals surface area contributed by atoms with Gasteiger partial charge in [-0.1, -0.05) is 24.0 Å². The number of benzene rings is 2. The van der Waals surface area contributed by atoms with E-state index in [-0.39, 0.29) is 11.4 Å². The third kappa shape index (κ3) is 4.28. The van der Waals surface area contributed by atoms with Crippen LogP contribution < -0.4 is 14.2 Å². The van der Waals surface area contributed by atoms with E-state index in [2.05, 4.69) is 16.6 Å². The number of hydrogen-bond acceptors (Lipinski definition) is 4. The highest BCUT2D eigenvalue weighted by Gasteiger charge is 2.14. The second kappa shape index (κ2) is 7.86. The Morgan fingerprint density at radius 1 is 1.04 bits per heavy atom. The lowest BCUT2D eigenvalue weighted by Crippen LogP contribution is -2.24. The normalized spacial score (nSPS) is 10.6. The van der Waals surface area contributed by atoms with E-state index in [0.29, 0.717) is 17.1 Å². The van der Waals surface area contributed by atoms with Crippen LogP contribution in [0.5, 0.6) is 11.5 Å². The molecule has 5 nitrogen and oxygen atoms in total. The molecule has 0 saturated carbocycles. The van der Waals surface area contributed by atoms with E-state index in [1.165, 1.54) is 6.07 Å². The minimum absolute atomic E-state index is 0.00542. The van der Waals surface area contributed by atoms with Crippen molar-refractivity contribution in [2.45, 2.75) is 11.8 Å². The molecule has 0 bridgehead atoms. The number of aryl methyl sites for hydroxylation is 1. The lowest BCUT2D eigenvalue weighted by atomic mass is 10.2. The van der Waals surface area contributed by atoms with Crippen LogP contribution >= 0.6 is 0 Å². The Morgan fingerprint density at radius 3 is 2.42 bits per heavy atom. The topological polar surface area (TPSA) is 64.6 Å². The van der Waals surface area contributed by atoms with Crippen molar-refractivity contribution in [1.29, 1.82) is 0 Å². The average molecular weight is 345 g/mol. The van der Waals surface area contributed by atoms with Crippen LogP contribution in [-0.2, 0) is 10.0 Å². The van der Waals surface area contributed by atoms with Gasteiger partial charge in [-0.05, 0) is 42.8 Å². The van der Waals surface area contributed by atoms with Crippen molar-refractivity contribution in [3.05, 3.63) is 53.6 Å². The van der Waals surface area contributed by atoms with Crippen molar-refractivity contribution in [3.8, 4) is 23.3 Å². The molecule has 0 amide bonds. The molecule has 2 aromatic rings. The first-order chi connectivity index (χ1) is 11.5. The zero-order chi connectivity index (χ0) is 17.6. The van der Waals surface area contributed by atoms with E-state index in [1.54, 1.807) is 39.3 Å². The predicted octanol–water partition coefficient (Wildman–Crippen LogP) is 2.34. The van der Waals surface area contributed by atoms with Gasteiger partial charge < -0.3 is 9.47 Å². The maximum atomic E-state index is 12.3. The third-order valence-electron chi connectivity index (χ3n) is 3.36. The highest BCUT2D eigenvalue weighted by Crippen LogP contribution is 2.21. The van der Waals surface area contributed by atoms with Crippen molar-refractivity contribution in [2.24, 2.45) is 0 Å². The molecule has 0 radical (unpaired) electrons. The van der Waals surface area contributed by atoms with E-state index in [1.807, 2.05) is 18.2 Å². The first kappa shape index (κ1) is 17.9. The van der Waals surface area contributed by atoms with Crippen LogP contribution in [0.1, 0.15) is 11.1 Å². The molecule has 0 aliphatic carbocycles. The molecular formula is C18H19NO4S. The van der Waals surface area contributed by atoms with Gasteiger partial charge in [0.25, 0.3) is 0 Å². The van der Waals surface area contributed by atoms with Gasteiger partial charge in [0.15, 0.2) is 0 Å². The molecule has 0 aliphatic rings. The lowest BCUT2D eigenvalue weighted by Gasteiger charge is -2.08. The molecule has 2 aromatic carbocycles. The molecule has 0 saturated heterocycles. The SMILES string of the molecule is COc1ccc(S(=O)(=O)NCC#Cc2ccccc2OC)cc1C. The number of sulfonamides is 1. The molecule has 6 heteroatoms. The standard InChI is InChI=1S/C18H19NO4S/c1-14-13-16(10-11-17(14)22-2)24(20,21)19-12-6-8-15-7-4-5-9-18(15)23-3/h4-5,7,9-11,13,19H,12H2,1-3H3. The second-order valence-corrected chi connectivity index (χ2v) is 6.72. The zero-order valence-electron chi connectivity index (χ0n) is 13.8. The maximum absolute atomic E-state index is 12.3. The van der Waals surface area contributed by atoms with E-state index in [9.17, 15) is 8.42 Å². The molecule has 0 atom stereocenters. The van der Waals surface area contributed by atoms with Crippen LogP contribution in [0, 0.1) is 18.8 Å². The van der Waals surface area contributed by atoms with Crippen LogP contribution in [0.2, 0.25) is 0 Å². The number of hydrogen-bond donors (Lipinski definition) is 1. The van der Waals surface area contributed by atoms with E-state index >= 15 is 0 Å². The van der Waals surface area contributed by atoms with Crippen LogP contribution in [0.25, 0.3) is 0 Å². The Hall–Kier alpha value is -2.49.